The molecule has 0 bridgehead atoms. The Morgan fingerprint density at radius 1 is 0.906 bits per heavy atom. The first-order valence-corrected chi connectivity index (χ1v) is 11.6. The number of benzene rings is 2. The van der Waals surface area contributed by atoms with E-state index in [4.69, 9.17) is 4.74 Å². The van der Waals surface area contributed by atoms with E-state index in [-0.39, 0.29) is 23.8 Å². The lowest BCUT2D eigenvalue weighted by atomic mass is 9.76. The van der Waals surface area contributed by atoms with Gasteiger partial charge in [-0.25, -0.2) is 13.2 Å². The van der Waals surface area contributed by atoms with Crippen LogP contribution in [0.2, 0.25) is 0 Å². The van der Waals surface area contributed by atoms with E-state index in [1.165, 1.54) is 12.1 Å². The molecule has 2 aromatic rings. The van der Waals surface area contributed by atoms with Crippen molar-refractivity contribution >= 4 is 0 Å². The van der Waals surface area contributed by atoms with Gasteiger partial charge in [0.05, 0.1) is 12.7 Å². The van der Waals surface area contributed by atoms with Gasteiger partial charge in [-0.1, -0.05) is 31.5 Å². The molecule has 176 valence electrons. The summed E-state index contributed by atoms with van der Waals surface area (Å²) in [6.45, 7) is 3.87. The van der Waals surface area contributed by atoms with Crippen LogP contribution in [-0.2, 0) is 6.42 Å². The number of aliphatic hydroxyl groups excluding tert-OH is 1. The van der Waals surface area contributed by atoms with E-state index < -0.39 is 29.4 Å². The molecule has 0 saturated heterocycles. The van der Waals surface area contributed by atoms with E-state index in [9.17, 15) is 22.7 Å². The Labute approximate surface area is 187 Å². The molecule has 32 heavy (non-hydrogen) atoms. The third kappa shape index (κ3) is 5.45. The maximum Gasteiger partial charge on any atom is 0.200 e. The number of hydrogen-bond acceptors (Lipinski definition) is 2. The van der Waals surface area contributed by atoms with Gasteiger partial charge in [-0.05, 0) is 80.9 Å². The van der Waals surface area contributed by atoms with Gasteiger partial charge in [0.25, 0.3) is 0 Å². The van der Waals surface area contributed by atoms with E-state index >= 15 is 0 Å². The second-order valence-corrected chi connectivity index (χ2v) is 8.72. The van der Waals surface area contributed by atoms with Crippen molar-refractivity contribution in [2.45, 2.75) is 77.2 Å². The molecular formula is C26H32F4O2. The Balaban J connectivity index is 1.57. The summed E-state index contributed by atoms with van der Waals surface area (Å²) in [4.78, 5) is 0. The van der Waals surface area contributed by atoms with Crippen LogP contribution in [0.15, 0.2) is 24.3 Å². The van der Waals surface area contributed by atoms with Crippen molar-refractivity contribution in [1.82, 2.24) is 0 Å². The SMILES string of the molecule is CCCC(O)c1ccc(CCC2CCC(c3ccc(OCC)c(F)c3F)CC2)c(F)c1F. The third-order valence-electron chi connectivity index (χ3n) is 6.60. The zero-order valence-corrected chi connectivity index (χ0v) is 18.8. The molecule has 1 N–H and O–H groups in total. The molecule has 0 aromatic heterocycles. The molecule has 1 saturated carbocycles. The van der Waals surface area contributed by atoms with Gasteiger partial charge in [0.2, 0.25) is 5.82 Å². The van der Waals surface area contributed by atoms with Gasteiger partial charge in [-0.3, -0.25) is 0 Å². The predicted molar refractivity (Wildman–Crippen MR) is 117 cm³/mol. The Bertz CT molecular complexity index is 907. The molecule has 2 aromatic carbocycles. The first-order chi connectivity index (χ1) is 15.4. The van der Waals surface area contributed by atoms with Gasteiger partial charge in [-0.15, -0.1) is 0 Å². The van der Waals surface area contributed by atoms with Gasteiger partial charge < -0.3 is 9.84 Å². The number of hydrogen-bond donors (Lipinski definition) is 1. The largest absolute Gasteiger partial charge is 0.491 e. The van der Waals surface area contributed by atoms with Crippen molar-refractivity contribution in [1.29, 1.82) is 0 Å². The summed E-state index contributed by atoms with van der Waals surface area (Å²) in [6, 6.07) is 6.15. The van der Waals surface area contributed by atoms with Crippen molar-refractivity contribution in [3.8, 4) is 5.75 Å². The lowest BCUT2D eigenvalue weighted by Crippen LogP contribution is -2.16. The quantitative estimate of drug-likeness (QED) is 0.402. The minimum absolute atomic E-state index is 0.0122. The highest BCUT2D eigenvalue weighted by Gasteiger charge is 2.27. The van der Waals surface area contributed by atoms with E-state index in [1.807, 2.05) is 6.92 Å². The van der Waals surface area contributed by atoms with Gasteiger partial charge in [0.1, 0.15) is 0 Å². The van der Waals surface area contributed by atoms with Crippen molar-refractivity contribution in [2.75, 3.05) is 6.61 Å². The van der Waals surface area contributed by atoms with E-state index in [1.54, 1.807) is 19.1 Å². The van der Waals surface area contributed by atoms with Crippen LogP contribution in [0.1, 0.15) is 87.5 Å². The molecule has 2 nitrogen and oxygen atoms in total. The van der Waals surface area contributed by atoms with E-state index in [2.05, 4.69) is 0 Å². The standard InChI is InChI=1S/C26H32F4O2/c1-3-5-21(31)20-13-12-18(23(27)25(20)29)11-8-16-6-9-17(10-7-16)19-14-15-22(32-4-2)26(30)24(19)28/h12-17,21,31H,3-11H2,1-2H3. The normalized spacial score (nSPS) is 19.7. The molecule has 1 atom stereocenters. The van der Waals surface area contributed by atoms with Gasteiger partial charge >= 0.3 is 0 Å². The minimum Gasteiger partial charge on any atom is -0.491 e. The van der Waals surface area contributed by atoms with Crippen LogP contribution in [0.3, 0.4) is 0 Å². The summed E-state index contributed by atoms with van der Waals surface area (Å²) in [5.74, 6) is -3.39. The maximum atomic E-state index is 14.5. The molecular weight excluding hydrogens is 420 g/mol. The molecule has 1 aliphatic rings. The molecule has 6 heteroatoms. The van der Waals surface area contributed by atoms with E-state index in [0.29, 0.717) is 42.7 Å². The van der Waals surface area contributed by atoms with Crippen LogP contribution >= 0.6 is 0 Å². The van der Waals surface area contributed by atoms with Crippen LogP contribution in [0, 0.1) is 29.2 Å². The Hall–Kier alpha value is -2.08. The fourth-order valence-electron chi connectivity index (χ4n) is 4.73. The molecule has 0 amide bonds. The summed E-state index contributed by atoms with van der Waals surface area (Å²) < 4.78 is 62.7. The highest BCUT2D eigenvalue weighted by Crippen LogP contribution is 2.40. The van der Waals surface area contributed by atoms with Crippen molar-refractivity contribution in [2.24, 2.45) is 5.92 Å². The zero-order chi connectivity index (χ0) is 23.3. The number of rotatable bonds is 9. The summed E-state index contributed by atoms with van der Waals surface area (Å²) in [6.07, 6.45) is 4.31. The number of aliphatic hydroxyl groups is 1. The fourth-order valence-corrected chi connectivity index (χ4v) is 4.73. The number of halogens is 4. The molecule has 0 radical (unpaired) electrons. The minimum atomic E-state index is -0.994. The molecule has 1 fully saturated rings. The van der Waals surface area contributed by atoms with Gasteiger partial charge in [0, 0.05) is 5.56 Å². The summed E-state index contributed by atoms with van der Waals surface area (Å²) in [5, 5.41) is 9.98. The second-order valence-electron chi connectivity index (χ2n) is 8.72. The lowest BCUT2D eigenvalue weighted by molar-refractivity contribution is 0.160. The van der Waals surface area contributed by atoms with Crippen molar-refractivity contribution in [3.63, 3.8) is 0 Å². The molecule has 1 aliphatic carbocycles. The molecule has 1 unspecified atom stereocenters. The second kappa shape index (κ2) is 11.2. The van der Waals surface area contributed by atoms with Crippen molar-refractivity contribution < 1.29 is 27.4 Å². The highest BCUT2D eigenvalue weighted by molar-refractivity contribution is 5.33. The van der Waals surface area contributed by atoms with Gasteiger partial charge in [0.15, 0.2) is 23.2 Å². The third-order valence-corrected chi connectivity index (χ3v) is 6.60. The predicted octanol–water partition coefficient (Wildman–Crippen LogP) is 7.38. The fraction of sp³-hybridized carbons (Fsp3) is 0.538. The first-order valence-electron chi connectivity index (χ1n) is 11.6. The average molecular weight is 453 g/mol. The summed E-state index contributed by atoms with van der Waals surface area (Å²) in [5.41, 5.74) is 0.716. The summed E-state index contributed by atoms with van der Waals surface area (Å²) >= 11 is 0. The number of aryl methyl sites for hydroxylation is 1. The first kappa shape index (κ1) is 24.6. The van der Waals surface area contributed by atoms with Crippen LogP contribution in [0.5, 0.6) is 5.75 Å². The molecule has 0 aliphatic heterocycles. The molecule has 3 rings (SSSR count). The van der Waals surface area contributed by atoms with Crippen LogP contribution in [0.4, 0.5) is 17.6 Å². The van der Waals surface area contributed by atoms with Gasteiger partial charge in [-0.2, -0.15) is 4.39 Å². The Kier molecular flexibility index (Phi) is 8.57. The highest BCUT2D eigenvalue weighted by atomic mass is 19.2. The molecule has 0 heterocycles. The van der Waals surface area contributed by atoms with E-state index in [0.717, 1.165) is 25.7 Å². The monoisotopic (exact) mass is 452 g/mol. The van der Waals surface area contributed by atoms with Crippen LogP contribution in [-0.4, -0.2) is 11.7 Å². The Morgan fingerprint density at radius 2 is 1.62 bits per heavy atom. The smallest absolute Gasteiger partial charge is 0.200 e. The lowest BCUT2D eigenvalue weighted by Gasteiger charge is -2.29. The summed E-state index contributed by atoms with van der Waals surface area (Å²) in [7, 11) is 0. The topological polar surface area (TPSA) is 29.5 Å². The zero-order valence-electron chi connectivity index (χ0n) is 18.8. The van der Waals surface area contributed by atoms with Crippen LogP contribution < -0.4 is 4.74 Å². The van der Waals surface area contributed by atoms with Crippen LogP contribution in [0.25, 0.3) is 0 Å². The Morgan fingerprint density at radius 3 is 2.28 bits per heavy atom. The molecule has 0 spiro atoms. The van der Waals surface area contributed by atoms with Crippen molar-refractivity contribution in [3.05, 3.63) is 64.2 Å². The average Bonchev–Trinajstić information content (AvgIpc) is 2.79. The maximum absolute atomic E-state index is 14.5. The number of ether oxygens (including phenoxy) is 1.